The second kappa shape index (κ2) is 12.6. The summed E-state index contributed by atoms with van der Waals surface area (Å²) in [5.41, 5.74) is 1.32. The first-order valence-electron chi connectivity index (χ1n) is 12.2. The summed E-state index contributed by atoms with van der Waals surface area (Å²) in [5.74, 6) is -0.783. The average molecular weight is 547 g/mol. The molecule has 0 fully saturated rings. The lowest BCUT2D eigenvalue weighted by atomic mass is 9.95. The molecule has 0 heterocycles. The molecule has 0 bridgehead atoms. The Kier molecular flexibility index (Phi) is 9.76. The highest BCUT2D eigenvalue weighted by Gasteiger charge is 2.37. The third kappa shape index (κ3) is 7.34. The van der Waals surface area contributed by atoms with Crippen LogP contribution in [0.15, 0.2) is 53.3 Å². The summed E-state index contributed by atoms with van der Waals surface area (Å²) >= 11 is 12.1. The Balaban J connectivity index is 1.68. The highest BCUT2D eigenvalue weighted by molar-refractivity contribution is 6.42. The topological polar surface area (TPSA) is 105 Å². The van der Waals surface area contributed by atoms with E-state index in [1.165, 1.54) is 0 Å². The number of hydrogen-bond donors (Lipinski definition) is 3. The molecule has 0 aliphatic heterocycles. The predicted molar refractivity (Wildman–Crippen MR) is 146 cm³/mol. The fourth-order valence-electron chi connectivity index (χ4n) is 4.09. The first-order valence-corrected chi connectivity index (χ1v) is 13.0. The van der Waals surface area contributed by atoms with Crippen molar-refractivity contribution in [2.45, 2.75) is 52.3 Å². The van der Waals surface area contributed by atoms with Crippen LogP contribution in [0.5, 0.6) is 5.75 Å². The van der Waals surface area contributed by atoms with Gasteiger partial charge in [0, 0.05) is 11.1 Å². The van der Waals surface area contributed by atoms with E-state index >= 15 is 0 Å². The number of carbonyl (C=O) groups is 2. The Labute approximate surface area is 226 Å². The molecule has 0 radical (unpaired) electrons. The van der Waals surface area contributed by atoms with Gasteiger partial charge in [-0.05, 0) is 36.0 Å². The molecule has 9 heteroatoms. The number of carbonyl (C=O) groups excluding carboxylic acids is 2. The monoisotopic (exact) mass is 546 g/mol. The maximum atomic E-state index is 13.3. The minimum Gasteiger partial charge on any atom is -0.482 e. The molecular weight excluding hydrogens is 515 g/mol. The van der Waals surface area contributed by atoms with Crippen LogP contribution in [0.3, 0.4) is 0 Å². The van der Waals surface area contributed by atoms with E-state index in [1.54, 1.807) is 18.2 Å². The fraction of sp³-hybridized carbons (Fsp3) is 0.393. The molecule has 3 aromatic carbocycles. The van der Waals surface area contributed by atoms with Crippen molar-refractivity contribution < 1.29 is 19.4 Å². The van der Waals surface area contributed by atoms with Crippen LogP contribution in [0.4, 0.5) is 0 Å². The molecule has 0 aliphatic carbocycles. The van der Waals surface area contributed by atoms with Crippen LogP contribution in [0.25, 0.3) is 11.1 Å². The molecule has 0 saturated carbocycles. The van der Waals surface area contributed by atoms with Gasteiger partial charge in [0.15, 0.2) is 12.0 Å². The molecular formula is C28H32Cl2N2O5. The van der Waals surface area contributed by atoms with Crippen molar-refractivity contribution in [2.75, 3.05) is 6.61 Å². The number of amides is 2. The van der Waals surface area contributed by atoms with Gasteiger partial charge in [0.2, 0.25) is 5.91 Å². The smallest absolute Gasteiger partial charge is 0.258 e. The number of rotatable bonds is 12. The van der Waals surface area contributed by atoms with E-state index < -0.39 is 30.0 Å². The molecule has 0 aliphatic rings. The SMILES string of the molecule is CC(C)C[C@H](NC(=O)COc1cccc(Cl)c1Cl)C(=O)N[C@@H](C(C)C)[C@@H](O)c1c(-c2ccccc2)c1=O. The van der Waals surface area contributed by atoms with Crippen LogP contribution in [0.1, 0.15) is 45.8 Å². The summed E-state index contributed by atoms with van der Waals surface area (Å²) in [7, 11) is 0. The van der Waals surface area contributed by atoms with Gasteiger partial charge >= 0.3 is 0 Å². The van der Waals surface area contributed by atoms with Crippen molar-refractivity contribution in [2.24, 2.45) is 11.8 Å². The van der Waals surface area contributed by atoms with Gasteiger partial charge in [-0.2, -0.15) is 0 Å². The second-order valence-electron chi connectivity index (χ2n) is 9.80. The maximum Gasteiger partial charge on any atom is 0.258 e. The van der Waals surface area contributed by atoms with Gasteiger partial charge in [-0.1, -0.05) is 87.3 Å². The van der Waals surface area contributed by atoms with Gasteiger partial charge in [0.25, 0.3) is 5.91 Å². The molecule has 3 rings (SSSR count). The average Bonchev–Trinajstić information content (AvgIpc) is 3.53. The molecule has 3 atom stereocenters. The minimum atomic E-state index is -1.17. The van der Waals surface area contributed by atoms with Gasteiger partial charge in [-0.15, -0.1) is 0 Å². The summed E-state index contributed by atoms with van der Waals surface area (Å²) in [6.07, 6.45) is -0.803. The Morgan fingerprint density at radius 3 is 2.27 bits per heavy atom. The lowest BCUT2D eigenvalue weighted by Gasteiger charge is -2.29. The van der Waals surface area contributed by atoms with Crippen LogP contribution in [0, 0.1) is 11.8 Å². The quantitative estimate of drug-likeness (QED) is 0.306. The zero-order valence-electron chi connectivity index (χ0n) is 21.3. The molecule has 37 heavy (non-hydrogen) atoms. The van der Waals surface area contributed by atoms with Gasteiger partial charge in [-0.25, -0.2) is 0 Å². The van der Waals surface area contributed by atoms with E-state index in [2.05, 4.69) is 10.6 Å². The van der Waals surface area contributed by atoms with Crippen molar-refractivity contribution in [1.82, 2.24) is 10.6 Å². The van der Waals surface area contributed by atoms with E-state index in [4.69, 9.17) is 27.9 Å². The van der Waals surface area contributed by atoms with E-state index in [9.17, 15) is 19.5 Å². The van der Waals surface area contributed by atoms with Gasteiger partial charge in [0.1, 0.15) is 22.9 Å². The summed E-state index contributed by atoms with van der Waals surface area (Å²) < 4.78 is 5.48. The van der Waals surface area contributed by atoms with Gasteiger partial charge < -0.3 is 20.5 Å². The summed E-state index contributed by atoms with van der Waals surface area (Å²) in [6.45, 7) is 7.21. The minimum absolute atomic E-state index is 0.0965. The number of aliphatic hydroxyl groups excluding tert-OH is 1. The Bertz CT molecular complexity index is 1240. The van der Waals surface area contributed by atoms with Gasteiger partial charge in [0.05, 0.1) is 11.1 Å². The highest BCUT2D eigenvalue weighted by Crippen LogP contribution is 2.34. The Morgan fingerprint density at radius 2 is 1.65 bits per heavy atom. The van der Waals surface area contributed by atoms with Crippen molar-refractivity contribution >= 4 is 35.0 Å². The van der Waals surface area contributed by atoms with Crippen molar-refractivity contribution in [3.05, 3.63) is 74.4 Å². The molecule has 3 N–H and O–H groups in total. The summed E-state index contributed by atoms with van der Waals surface area (Å²) in [5, 5.41) is 17.1. The zero-order chi connectivity index (χ0) is 27.3. The van der Waals surface area contributed by atoms with Crippen LogP contribution in [0.2, 0.25) is 10.0 Å². The fourth-order valence-corrected chi connectivity index (χ4v) is 4.44. The van der Waals surface area contributed by atoms with Crippen LogP contribution in [-0.2, 0) is 9.59 Å². The van der Waals surface area contributed by atoms with E-state index in [1.807, 2.05) is 58.0 Å². The molecule has 0 unspecified atom stereocenters. The predicted octanol–water partition coefficient (Wildman–Crippen LogP) is 4.68. The Morgan fingerprint density at radius 1 is 0.973 bits per heavy atom. The third-order valence-corrected chi connectivity index (χ3v) is 6.84. The number of hydrogen-bond acceptors (Lipinski definition) is 5. The molecule has 3 aromatic rings. The van der Waals surface area contributed by atoms with Crippen LogP contribution >= 0.6 is 23.2 Å². The number of ether oxygens (including phenoxy) is 1. The molecule has 0 aromatic heterocycles. The van der Waals surface area contributed by atoms with Crippen molar-refractivity contribution in [1.29, 1.82) is 0 Å². The van der Waals surface area contributed by atoms with Crippen LogP contribution in [-0.4, -0.2) is 35.6 Å². The van der Waals surface area contributed by atoms with E-state index in [0.717, 1.165) is 5.56 Å². The van der Waals surface area contributed by atoms with Gasteiger partial charge in [-0.3, -0.25) is 14.4 Å². The second-order valence-corrected chi connectivity index (χ2v) is 10.6. The summed E-state index contributed by atoms with van der Waals surface area (Å²) in [6, 6.07) is 12.4. The number of halogens is 2. The highest BCUT2D eigenvalue weighted by atomic mass is 35.5. The largest absolute Gasteiger partial charge is 0.482 e. The lowest BCUT2D eigenvalue weighted by molar-refractivity contribution is -0.131. The Hall–Kier alpha value is -2.87. The first-order chi connectivity index (χ1) is 17.5. The molecule has 7 nitrogen and oxygen atoms in total. The molecule has 0 spiro atoms. The van der Waals surface area contributed by atoms with E-state index in [0.29, 0.717) is 22.6 Å². The lowest BCUT2D eigenvalue weighted by Crippen LogP contribution is -2.53. The number of benzene rings is 2. The van der Waals surface area contributed by atoms with Crippen molar-refractivity contribution in [3.8, 4) is 16.9 Å². The molecule has 0 saturated heterocycles. The number of nitrogens with one attached hydrogen (secondary N) is 2. The molecule has 2 amide bonds. The normalized spacial score (nSPS) is 14.0. The molecule has 198 valence electrons. The third-order valence-electron chi connectivity index (χ3n) is 6.04. The number of aliphatic hydroxyl groups is 1. The zero-order valence-corrected chi connectivity index (χ0v) is 22.8. The summed E-state index contributed by atoms with van der Waals surface area (Å²) in [4.78, 5) is 38.4. The maximum absolute atomic E-state index is 13.3. The van der Waals surface area contributed by atoms with Crippen molar-refractivity contribution in [3.63, 3.8) is 0 Å². The first kappa shape index (κ1) is 28.7. The van der Waals surface area contributed by atoms with Crippen LogP contribution < -0.4 is 20.8 Å². The standard InChI is InChI=1S/C28H32Cl2N2O5/c1-15(2)13-19(31-21(33)14-37-20-12-8-11-18(29)24(20)30)28(36)32-25(16(3)4)27(35)23-22(26(23)34)17-9-6-5-7-10-17/h5-12,15-16,19,25,27,35H,13-14H2,1-4H3,(H,31,33)(H,32,36)/t19-,25-,27-/m0/s1. The van der Waals surface area contributed by atoms with E-state index in [-0.39, 0.29) is 34.6 Å².